The summed E-state index contributed by atoms with van der Waals surface area (Å²) in [5, 5.41) is 13.9. The molecule has 118 valence electrons. The van der Waals surface area contributed by atoms with Crippen LogP contribution in [-0.2, 0) is 11.2 Å². The first kappa shape index (κ1) is 15.3. The topological polar surface area (TPSA) is 65.1 Å². The van der Waals surface area contributed by atoms with Gasteiger partial charge < -0.3 is 10.1 Å². The van der Waals surface area contributed by atoms with Gasteiger partial charge in [-0.15, -0.1) is 0 Å². The molecule has 2 unspecified atom stereocenters. The Kier molecular flexibility index (Phi) is 4.44. The maximum absolute atomic E-state index is 11.7. The molecule has 0 aliphatic rings. The summed E-state index contributed by atoms with van der Waals surface area (Å²) < 4.78 is 0. The van der Waals surface area contributed by atoms with Gasteiger partial charge in [-0.1, -0.05) is 48.5 Å². The Labute approximate surface area is 135 Å². The van der Waals surface area contributed by atoms with Crippen molar-refractivity contribution in [3.05, 3.63) is 71.9 Å². The van der Waals surface area contributed by atoms with Crippen LogP contribution in [0.5, 0.6) is 0 Å². The number of H-pyrrole nitrogens is 1. The van der Waals surface area contributed by atoms with E-state index >= 15 is 0 Å². The van der Waals surface area contributed by atoms with Crippen LogP contribution in [0.4, 0.5) is 0 Å². The van der Waals surface area contributed by atoms with E-state index in [9.17, 15) is 9.90 Å². The summed E-state index contributed by atoms with van der Waals surface area (Å²) >= 11 is 0. The molecule has 1 heterocycles. The van der Waals surface area contributed by atoms with Gasteiger partial charge in [-0.2, -0.15) is 0 Å². The van der Waals surface area contributed by atoms with Crippen LogP contribution in [0.1, 0.15) is 24.1 Å². The number of benzene rings is 2. The largest absolute Gasteiger partial charge is 0.480 e. The first-order valence-corrected chi connectivity index (χ1v) is 7.74. The highest BCUT2D eigenvalue weighted by Crippen LogP contribution is 2.20. The molecule has 0 saturated carbocycles. The predicted molar refractivity (Wildman–Crippen MR) is 91.4 cm³/mol. The molecule has 3 rings (SSSR count). The number of carbonyl (C=O) groups is 1. The number of hydrogen-bond acceptors (Lipinski definition) is 2. The van der Waals surface area contributed by atoms with Crippen LogP contribution < -0.4 is 5.32 Å². The molecule has 0 amide bonds. The Hall–Kier alpha value is -2.59. The van der Waals surface area contributed by atoms with Crippen molar-refractivity contribution < 1.29 is 9.90 Å². The Balaban J connectivity index is 1.78. The highest BCUT2D eigenvalue weighted by Gasteiger charge is 2.22. The van der Waals surface area contributed by atoms with Crippen LogP contribution in [0.25, 0.3) is 10.9 Å². The number of aliphatic carboxylic acids is 1. The minimum Gasteiger partial charge on any atom is -0.480 e. The third-order valence-corrected chi connectivity index (χ3v) is 4.15. The van der Waals surface area contributed by atoms with Crippen molar-refractivity contribution in [1.82, 2.24) is 10.3 Å². The summed E-state index contributed by atoms with van der Waals surface area (Å²) in [5.41, 5.74) is 3.13. The van der Waals surface area contributed by atoms with Gasteiger partial charge >= 0.3 is 5.97 Å². The molecule has 0 bridgehead atoms. The van der Waals surface area contributed by atoms with Crippen LogP contribution >= 0.6 is 0 Å². The van der Waals surface area contributed by atoms with Crippen molar-refractivity contribution in [2.24, 2.45) is 0 Å². The fourth-order valence-electron chi connectivity index (χ4n) is 2.88. The number of rotatable bonds is 6. The van der Waals surface area contributed by atoms with Crippen LogP contribution in [0.15, 0.2) is 60.8 Å². The minimum atomic E-state index is -0.835. The lowest BCUT2D eigenvalue weighted by Crippen LogP contribution is -2.40. The highest BCUT2D eigenvalue weighted by molar-refractivity contribution is 5.84. The van der Waals surface area contributed by atoms with Gasteiger partial charge in [-0.05, 0) is 24.1 Å². The van der Waals surface area contributed by atoms with Crippen molar-refractivity contribution >= 4 is 16.9 Å². The monoisotopic (exact) mass is 308 g/mol. The van der Waals surface area contributed by atoms with Gasteiger partial charge in [0.25, 0.3) is 0 Å². The van der Waals surface area contributed by atoms with Crippen LogP contribution in [0, 0.1) is 0 Å². The van der Waals surface area contributed by atoms with Crippen molar-refractivity contribution in [2.75, 3.05) is 0 Å². The molecule has 3 aromatic rings. The minimum absolute atomic E-state index is 0.0255. The summed E-state index contributed by atoms with van der Waals surface area (Å²) in [6, 6.07) is 17.2. The number of hydrogen-bond donors (Lipinski definition) is 3. The van der Waals surface area contributed by atoms with Crippen LogP contribution in [0.2, 0.25) is 0 Å². The van der Waals surface area contributed by atoms with Crippen molar-refractivity contribution in [3.8, 4) is 0 Å². The summed E-state index contributed by atoms with van der Waals surface area (Å²) in [6.07, 6.45) is 2.34. The molecule has 23 heavy (non-hydrogen) atoms. The molecule has 0 aliphatic carbocycles. The van der Waals surface area contributed by atoms with E-state index in [0.29, 0.717) is 6.42 Å². The second-order valence-corrected chi connectivity index (χ2v) is 5.75. The smallest absolute Gasteiger partial charge is 0.321 e. The lowest BCUT2D eigenvalue weighted by molar-refractivity contribution is -0.139. The first-order valence-electron chi connectivity index (χ1n) is 7.74. The fourth-order valence-corrected chi connectivity index (χ4v) is 2.88. The molecule has 0 fully saturated rings. The molecular formula is C19H20N2O2. The molecule has 0 aliphatic heterocycles. The number of aromatic amines is 1. The van der Waals surface area contributed by atoms with Gasteiger partial charge in [-0.25, -0.2) is 0 Å². The van der Waals surface area contributed by atoms with E-state index in [1.54, 1.807) is 0 Å². The van der Waals surface area contributed by atoms with Crippen LogP contribution in [0.3, 0.4) is 0 Å². The van der Waals surface area contributed by atoms with E-state index in [4.69, 9.17) is 0 Å². The SMILES string of the molecule is CC(NC(Cc1c[nH]c2ccccc12)C(=O)O)c1ccccc1. The van der Waals surface area contributed by atoms with E-state index in [1.165, 1.54) is 0 Å². The summed E-state index contributed by atoms with van der Waals surface area (Å²) in [6.45, 7) is 1.99. The normalized spacial score (nSPS) is 13.8. The Morgan fingerprint density at radius 2 is 1.83 bits per heavy atom. The zero-order valence-corrected chi connectivity index (χ0v) is 13.0. The standard InChI is InChI=1S/C19H20N2O2/c1-13(14-7-3-2-4-8-14)21-18(19(22)23)11-15-12-20-17-10-6-5-9-16(15)17/h2-10,12-13,18,20-21H,11H2,1H3,(H,22,23). The number of carboxylic acids is 1. The number of aromatic nitrogens is 1. The second kappa shape index (κ2) is 6.67. The average Bonchev–Trinajstić information content (AvgIpc) is 2.98. The first-order chi connectivity index (χ1) is 11.1. The lowest BCUT2D eigenvalue weighted by atomic mass is 10.0. The van der Waals surface area contributed by atoms with E-state index in [1.807, 2.05) is 67.7 Å². The molecule has 0 saturated heterocycles. The molecule has 1 aromatic heterocycles. The molecular weight excluding hydrogens is 288 g/mol. The highest BCUT2D eigenvalue weighted by atomic mass is 16.4. The number of nitrogens with one attached hydrogen (secondary N) is 2. The van der Waals surface area contributed by atoms with E-state index in [-0.39, 0.29) is 6.04 Å². The second-order valence-electron chi connectivity index (χ2n) is 5.75. The molecule has 4 heteroatoms. The zero-order chi connectivity index (χ0) is 16.2. The van der Waals surface area contributed by atoms with Crippen LogP contribution in [-0.4, -0.2) is 22.1 Å². The number of fused-ring (bicyclic) bond motifs is 1. The Morgan fingerprint density at radius 1 is 1.13 bits per heavy atom. The summed E-state index contributed by atoms with van der Waals surface area (Å²) in [5.74, 6) is -0.835. The zero-order valence-electron chi connectivity index (χ0n) is 13.0. The fraction of sp³-hybridized carbons (Fsp3) is 0.211. The molecule has 4 nitrogen and oxygen atoms in total. The molecule has 2 atom stereocenters. The maximum Gasteiger partial charge on any atom is 0.321 e. The summed E-state index contributed by atoms with van der Waals surface area (Å²) in [7, 11) is 0. The van der Waals surface area contributed by atoms with Gasteiger partial charge in [0.05, 0.1) is 0 Å². The molecule has 0 spiro atoms. The van der Waals surface area contributed by atoms with Gasteiger partial charge in [0, 0.05) is 29.6 Å². The van der Waals surface area contributed by atoms with Gasteiger partial charge in [0.15, 0.2) is 0 Å². The van der Waals surface area contributed by atoms with Crippen molar-refractivity contribution in [1.29, 1.82) is 0 Å². The maximum atomic E-state index is 11.7. The van der Waals surface area contributed by atoms with Crippen molar-refractivity contribution in [2.45, 2.75) is 25.4 Å². The quantitative estimate of drug-likeness (QED) is 0.653. The Bertz CT molecular complexity index is 795. The third kappa shape index (κ3) is 3.43. The van der Waals surface area contributed by atoms with Gasteiger partial charge in [-0.3, -0.25) is 10.1 Å². The molecule has 0 radical (unpaired) electrons. The van der Waals surface area contributed by atoms with Crippen molar-refractivity contribution in [3.63, 3.8) is 0 Å². The predicted octanol–water partition coefficient (Wildman–Crippen LogP) is 3.51. The molecule has 3 N–H and O–H groups in total. The Morgan fingerprint density at radius 3 is 2.57 bits per heavy atom. The van der Waals surface area contributed by atoms with Gasteiger partial charge in [0.1, 0.15) is 6.04 Å². The third-order valence-electron chi connectivity index (χ3n) is 4.15. The van der Waals surface area contributed by atoms with E-state index < -0.39 is 12.0 Å². The summed E-state index contributed by atoms with van der Waals surface area (Å²) in [4.78, 5) is 14.9. The lowest BCUT2D eigenvalue weighted by Gasteiger charge is -2.20. The number of para-hydroxylation sites is 1. The van der Waals surface area contributed by atoms with Gasteiger partial charge in [0.2, 0.25) is 0 Å². The molecule has 2 aromatic carbocycles. The number of carboxylic acid groups (broad SMARTS) is 1. The van der Waals surface area contributed by atoms with E-state index in [2.05, 4.69) is 10.3 Å². The average molecular weight is 308 g/mol. The van der Waals surface area contributed by atoms with E-state index in [0.717, 1.165) is 22.0 Å².